The largest absolute Gasteiger partial charge is 0.416 e. The van der Waals surface area contributed by atoms with Crippen LogP contribution in [-0.2, 0) is 9.63 Å². The predicted octanol–water partition coefficient (Wildman–Crippen LogP) is 0.160. The lowest BCUT2D eigenvalue weighted by Gasteiger charge is -1.92. The maximum absolute atomic E-state index is 10.1. The highest BCUT2D eigenvalue weighted by atomic mass is 16.6. The zero-order chi connectivity index (χ0) is 6.53. The van der Waals surface area contributed by atoms with E-state index >= 15 is 0 Å². The SMILES string of the molecule is O=CC1=CCNOC=C1. The fourth-order valence-electron chi connectivity index (χ4n) is 0.524. The van der Waals surface area contributed by atoms with Crippen molar-refractivity contribution in [2.75, 3.05) is 6.54 Å². The van der Waals surface area contributed by atoms with E-state index in [2.05, 4.69) is 10.3 Å². The Labute approximate surface area is 53.0 Å². The van der Waals surface area contributed by atoms with Crippen LogP contribution in [0.1, 0.15) is 0 Å². The quantitative estimate of drug-likeness (QED) is 0.507. The first kappa shape index (κ1) is 6.04. The molecule has 0 atom stereocenters. The van der Waals surface area contributed by atoms with Gasteiger partial charge >= 0.3 is 0 Å². The van der Waals surface area contributed by atoms with Gasteiger partial charge < -0.3 is 4.84 Å². The molecule has 1 aliphatic heterocycles. The van der Waals surface area contributed by atoms with Crippen LogP contribution in [0.5, 0.6) is 0 Å². The molecule has 1 heterocycles. The number of allylic oxidation sites excluding steroid dienone is 2. The van der Waals surface area contributed by atoms with E-state index in [0.717, 1.165) is 6.29 Å². The van der Waals surface area contributed by atoms with Crippen molar-refractivity contribution in [3.05, 3.63) is 24.0 Å². The molecule has 1 N–H and O–H groups in total. The molecule has 9 heavy (non-hydrogen) atoms. The second-order valence-electron chi connectivity index (χ2n) is 1.59. The molecule has 0 radical (unpaired) electrons. The summed E-state index contributed by atoms with van der Waals surface area (Å²) in [6.45, 7) is 0.571. The van der Waals surface area contributed by atoms with Crippen LogP contribution in [0, 0.1) is 0 Å². The molecule has 0 unspecified atom stereocenters. The summed E-state index contributed by atoms with van der Waals surface area (Å²) in [5, 5.41) is 0. The topological polar surface area (TPSA) is 38.3 Å². The van der Waals surface area contributed by atoms with Gasteiger partial charge in [0.15, 0.2) is 0 Å². The highest BCUT2D eigenvalue weighted by Crippen LogP contribution is 1.94. The van der Waals surface area contributed by atoms with Crippen LogP contribution in [0.3, 0.4) is 0 Å². The molecule has 0 amide bonds. The summed E-state index contributed by atoms with van der Waals surface area (Å²) < 4.78 is 0. The van der Waals surface area contributed by atoms with Gasteiger partial charge in [0.2, 0.25) is 0 Å². The molecule has 0 aliphatic carbocycles. The molecule has 0 saturated heterocycles. The number of hydrogen-bond donors (Lipinski definition) is 1. The van der Waals surface area contributed by atoms with Crippen molar-refractivity contribution in [2.24, 2.45) is 0 Å². The van der Waals surface area contributed by atoms with E-state index in [9.17, 15) is 4.79 Å². The minimum absolute atomic E-state index is 0.571. The van der Waals surface area contributed by atoms with Gasteiger partial charge in [0.25, 0.3) is 0 Å². The molecule has 3 nitrogen and oxygen atoms in total. The predicted molar refractivity (Wildman–Crippen MR) is 32.4 cm³/mol. The monoisotopic (exact) mass is 125 g/mol. The maximum Gasteiger partial charge on any atom is 0.149 e. The molecular weight excluding hydrogens is 118 g/mol. The first-order valence-corrected chi connectivity index (χ1v) is 2.64. The summed E-state index contributed by atoms with van der Waals surface area (Å²) in [4.78, 5) is 14.8. The van der Waals surface area contributed by atoms with Crippen LogP contribution >= 0.6 is 0 Å². The van der Waals surface area contributed by atoms with Gasteiger partial charge in [0.1, 0.15) is 12.5 Å². The normalized spacial score (nSPS) is 17.6. The van der Waals surface area contributed by atoms with Crippen LogP contribution in [-0.4, -0.2) is 12.8 Å². The number of nitrogens with one attached hydrogen (secondary N) is 1. The van der Waals surface area contributed by atoms with E-state index in [-0.39, 0.29) is 0 Å². The number of hydrogen-bond acceptors (Lipinski definition) is 3. The molecule has 1 aliphatic rings. The van der Waals surface area contributed by atoms with E-state index in [4.69, 9.17) is 0 Å². The number of hydroxylamine groups is 1. The standard InChI is InChI=1S/C6H7NO2/c8-5-6-1-3-7-9-4-2-6/h1-2,4-5,7H,3H2. The molecular formula is C6H7NO2. The van der Waals surface area contributed by atoms with Gasteiger partial charge in [0.05, 0.1) is 6.54 Å². The number of carbonyl (C=O) groups excluding carboxylic acids is 1. The molecule has 3 heteroatoms. The lowest BCUT2D eigenvalue weighted by molar-refractivity contribution is -0.104. The minimum Gasteiger partial charge on any atom is -0.416 e. The van der Waals surface area contributed by atoms with Crippen molar-refractivity contribution in [3.8, 4) is 0 Å². The molecule has 0 aromatic carbocycles. The molecule has 0 bridgehead atoms. The van der Waals surface area contributed by atoms with Crippen LogP contribution < -0.4 is 5.48 Å². The third kappa shape index (κ3) is 1.70. The lowest BCUT2D eigenvalue weighted by atomic mass is 10.3. The van der Waals surface area contributed by atoms with Crippen molar-refractivity contribution < 1.29 is 9.63 Å². The highest BCUT2D eigenvalue weighted by molar-refractivity contribution is 5.77. The molecule has 0 saturated carbocycles. The van der Waals surface area contributed by atoms with E-state index in [1.54, 1.807) is 12.2 Å². The van der Waals surface area contributed by atoms with Crippen molar-refractivity contribution in [2.45, 2.75) is 0 Å². The lowest BCUT2D eigenvalue weighted by Crippen LogP contribution is -2.08. The van der Waals surface area contributed by atoms with Crippen molar-refractivity contribution in [3.63, 3.8) is 0 Å². The third-order valence-electron chi connectivity index (χ3n) is 0.969. The fraction of sp³-hybridized carbons (Fsp3) is 0.167. The third-order valence-corrected chi connectivity index (χ3v) is 0.969. The first-order chi connectivity index (χ1) is 4.43. The van der Waals surface area contributed by atoms with Crippen molar-refractivity contribution in [1.82, 2.24) is 5.48 Å². The average Bonchev–Trinajstić information content (AvgIpc) is 2.13. The van der Waals surface area contributed by atoms with E-state index in [1.165, 1.54) is 6.26 Å². The summed E-state index contributed by atoms with van der Waals surface area (Å²) in [5.74, 6) is 0. The Balaban J connectivity index is 2.63. The Morgan fingerprint density at radius 3 is 3.44 bits per heavy atom. The summed E-state index contributed by atoms with van der Waals surface area (Å²) >= 11 is 0. The Morgan fingerprint density at radius 1 is 1.78 bits per heavy atom. The van der Waals surface area contributed by atoms with E-state index < -0.39 is 0 Å². The maximum atomic E-state index is 10.1. The van der Waals surface area contributed by atoms with Gasteiger partial charge in [-0.2, -0.15) is 5.48 Å². The van der Waals surface area contributed by atoms with Crippen LogP contribution in [0.25, 0.3) is 0 Å². The van der Waals surface area contributed by atoms with Crippen molar-refractivity contribution >= 4 is 6.29 Å². The average molecular weight is 125 g/mol. The molecule has 0 aromatic rings. The van der Waals surface area contributed by atoms with Gasteiger partial charge in [0, 0.05) is 5.57 Å². The first-order valence-electron chi connectivity index (χ1n) is 2.64. The van der Waals surface area contributed by atoms with Crippen molar-refractivity contribution in [1.29, 1.82) is 0 Å². The Morgan fingerprint density at radius 2 is 2.67 bits per heavy atom. The zero-order valence-corrected chi connectivity index (χ0v) is 4.83. The van der Waals surface area contributed by atoms with Gasteiger partial charge in [-0.1, -0.05) is 6.08 Å². The van der Waals surface area contributed by atoms with Gasteiger partial charge in [-0.15, -0.1) is 0 Å². The summed E-state index contributed by atoms with van der Waals surface area (Å²) in [6, 6.07) is 0. The second kappa shape index (κ2) is 3.04. The number of carbonyl (C=O) groups is 1. The summed E-state index contributed by atoms with van der Waals surface area (Å²) in [5.41, 5.74) is 3.23. The van der Waals surface area contributed by atoms with E-state index in [1.807, 2.05) is 0 Å². The van der Waals surface area contributed by atoms with Gasteiger partial charge in [-0.25, -0.2) is 0 Å². The van der Waals surface area contributed by atoms with Crippen LogP contribution in [0.15, 0.2) is 24.0 Å². The second-order valence-corrected chi connectivity index (χ2v) is 1.59. The Kier molecular flexibility index (Phi) is 2.04. The highest BCUT2D eigenvalue weighted by Gasteiger charge is 1.91. The smallest absolute Gasteiger partial charge is 0.149 e. The number of rotatable bonds is 1. The van der Waals surface area contributed by atoms with E-state index in [0.29, 0.717) is 12.1 Å². The van der Waals surface area contributed by atoms with Crippen LogP contribution in [0.4, 0.5) is 0 Å². The molecule has 0 fully saturated rings. The molecule has 48 valence electrons. The fourth-order valence-corrected chi connectivity index (χ4v) is 0.524. The Hall–Kier alpha value is -1.09. The summed E-state index contributed by atoms with van der Waals surface area (Å²) in [7, 11) is 0. The molecule has 0 spiro atoms. The van der Waals surface area contributed by atoms with Gasteiger partial charge in [-0.3, -0.25) is 4.79 Å². The number of aldehydes is 1. The molecule has 0 aromatic heterocycles. The minimum atomic E-state index is 0.571. The zero-order valence-electron chi connectivity index (χ0n) is 4.83. The van der Waals surface area contributed by atoms with Crippen LogP contribution in [0.2, 0.25) is 0 Å². The molecule has 1 rings (SSSR count). The Bertz CT molecular complexity index is 160. The summed E-state index contributed by atoms with van der Waals surface area (Å²) in [6.07, 6.45) is 5.57. The van der Waals surface area contributed by atoms with Gasteiger partial charge in [-0.05, 0) is 6.08 Å².